The van der Waals surface area contributed by atoms with Crippen LogP contribution in [0.1, 0.15) is 29.5 Å². The predicted octanol–water partition coefficient (Wildman–Crippen LogP) is 1.79. The zero-order valence-electron chi connectivity index (χ0n) is 14.9. The number of anilines is 2. The van der Waals surface area contributed by atoms with Gasteiger partial charge >= 0.3 is 0 Å². The van der Waals surface area contributed by atoms with Crippen molar-refractivity contribution in [2.45, 2.75) is 38.9 Å². The molecule has 2 aliphatic heterocycles. The van der Waals surface area contributed by atoms with Crippen LogP contribution in [0.25, 0.3) is 0 Å². The van der Waals surface area contributed by atoms with Crippen molar-refractivity contribution in [3.8, 4) is 0 Å². The number of nitrogens with one attached hydrogen (secondary N) is 2. The van der Waals surface area contributed by atoms with E-state index in [1.807, 2.05) is 6.92 Å². The second kappa shape index (κ2) is 6.52. The molecule has 0 amide bonds. The molecule has 132 valence electrons. The smallest absolute Gasteiger partial charge is 0.269 e. The van der Waals surface area contributed by atoms with Gasteiger partial charge in [-0.05, 0) is 50.0 Å². The largest absolute Gasteiger partial charge is 0.371 e. The van der Waals surface area contributed by atoms with Crippen LogP contribution in [0.15, 0.2) is 29.2 Å². The van der Waals surface area contributed by atoms with Crippen molar-refractivity contribution in [3.63, 3.8) is 0 Å². The van der Waals surface area contributed by atoms with Gasteiger partial charge in [0.1, 0.15) is 0 Å². The predicted molar refractivity (Wildman–Crippen MR) is 100 cm³/mol. The molecule has 0 atom stereocenters. The lowest BCUT2D eigenvalue weighted by Crippen LogP contribution is -2.41. The van der Waals surface area contributed by atoms with Gasteiger partial charge in [0.2, 0.25) is 0 Å². The molecule has 0 bridgehead atoms. The molecule has 0 unspecified atom stereocenters. The fourth-order valence-electron chi connectivity index (χ4n) is 4.06. The zero-order chi connectivity index (χ0) is 17.4. The van der Waals surface area contributed by atoms with Crippen molar-refractivity contribution in [2.24, 2.45) is 0 Å². The highest BCUT2D eigenvalue weighted by atomic mass is 16.1. The Morgan fingerprint density at radius 2 is 2.04 bits per heavy atom. The summed E-state index contributed by atoms with van der Waals surface area (Å²) in [5.74, 6) is 0. The topological polar surface area (TPSA) is 64.3 Å². The Hall–Kier alpha value is -2.34. The number of nitrogens with zero attached hydrogens (tertiary/aromatic N) is 3. The molecule has 0 aliphatic carbocycles. The summed E-state index contributed by atoms with van der Waals surface area (Å²) in [5, 5.41) is 9.94. The number of aromatic nitrogens is 2. The van der Waals surface area contributed by atoms with Crippen LogP contribution in [0.4, 0.5) is 11.4 Å². The van der Waals surface area contributed by atoms with E-state index in [0.717, 1.165) is 37.4 Å². The molecule has 3 heterocycles. The van der Waals surface area contributed by atoms with E-state index in [1.165, 1.54) is 29.7 Å². The first-order valence-electron chi connectivity index (χ1n) is 8.98. The average Bonchev–Trinajstić information content (AvgIpc) is 3.08. The lowest BCUT2D eigenvalue weighted by atomic mass is 10.0. The molecule has 0 spiro atoms. The van der Waals surface area contributed by atoms with E-state index in [-0.39, 0.29) is 5.56 Å². The van der Waals surface area contributed by atoms with E-state index < -0.39 is 0 Å². The Kier molecular flexibility index (Phi) is 4.21. The maximum atomic E-state index is 11.9. The Bertz CT molecular complexity index is 825. The van der Waals surface area contributed by atoms with E-state index >= 15 is 0 Å². The summed E-state index contributed by atoms with van der Waals surface area (Å²) in [4.78, 5) is 16.6. The van der Waals surface area contributed by atoms with E-state index in [2.05, 4.69) is 50.6 Å². The van der Waals surface area contributed by atoms with Crippen LogP contribution in [-0.4, -0.2) is 36.4 Å². The number of H-pyrrole nitrogens is 1. The van der Waals surface area contributed by atoms with E-state index in [0.29, 0.717) is 6.04 Å². The molecule has 1 aromatic carbocycles. The first-order valence-corrected chi connectivity index (χ1v) is 8.98. The molecular formula is C19H25N5O. The van der Waals surface area contributed by atoms with Gasteiger partial charge in [-0.15, -0.1) is 0 Å². The maximum absolute atomic E-state index is 11.9. The van der Waals surface area contributed by atoms with Crippen molar-refractivity contribution in [3.05, 3.63) is 51.4 Å². The SMILES string of the molecule is Cc1c(N2Cc3cccc(N(C)C4CCNCC4)c3C2)cn[nH]c1=O. The summed E-state index contributed by atoms with van der Waals surface area (Å²) in [7, 11) is 2.22. The summed E-state index contributed by atoms with van der Waals surface area (Å²) >= 11 is 0. The minimum absolute atomic E-state index is 0.111. The summed E-state index contributed by atoms with van der Waals surface area (Å²) in [6.07, 6.45) is 4.13. The van der Waals surface area contributed by atoms with Gasteiger partial charge in [0, 0.05) is 37.4 Å². The minimum Gasteiger partial charge on any atom is -0.371 e. The molecule has 1 aromatic heterocycles. The van der Waals surface area contributed by atoms with Crippen molar-refractivity contribution in [1.82, 2.24) is 15.5 Å². The Morgan fingerprint density at radius 1 is 1.24 bits per heavy atom. The van der Waals surface area contributed by atoms with Crippen LogP contribution in [-0.2, 0) is 13.1 Å². The number of benzene rings is 1. The van der Waals surface area contributed by atoms with Crippen molar-refractivity contribution in [2.75, 3.05) is 29.9 Å². The number of hydrogen-bond acceptors (Lipinski definition) is 5. The van der Waals surface area contributed by atoms with Crippen LogP contribution < -0.4 is 20.7 Å². The van der Waals surface area contributed by atoms with E-state index in [9.17, 15) is 4.79 Å². The fraction of sp³-hybridized carbons (Fsp3) is 0.474. The summed E-state index contributed by atoms with van der Waals surface area (Å²) < 4.78 is 0. The first-order chi connectivity index (χ1) is 12.1. The van der Waals surface area contributed by atoms with Gasteiger partial charge < -0.3 is 15.1 Å². The molecule has 2 aromatic rings. The standard InChI is InChI=1S/C19H25N5O/c1-13-18(10-21-22-19(13)25)24-11-14-4-3-5-17(16(14)12-24)23(2)15-6-8-20-9-7-15/h3-5,10,15,20H,6-9,11-12H2,1-2H3,(H,22,25). The average molecular weight is 339 g/mol. The number of fused-ring (bicyclic) bond motifs is 1. The van der Waals surface area contributed by atoms with E-state index in [1.54, 1.807) is 6.20 Å². The third-order valence-electron chi connectivity index (χ3n) is 5.61. The van der Waals surface area contributed by atoms with Crippen molar-refractivity contribution >= 4 is 11.4 Å². The number of hydrogen-bond donors (Lipinski definition) is 2. The molecule has 25 heavy (non-hydrogen) atoms. The molecule has 1 fully saturated rings. The third-order valence-corrected chi connectivity index (χ3v) is 5.61. The number of aromatic amines is 1. The van der Waals surface area contributed by atoms with Crippen LogP contribution in [0.5, 0.6) is 0 Å². The van der Waals surface area contributed by atoms with Crippen LogP contribution in [0.3, 0.4) is 0 Å². The van der Waals surface area contributed by atoms with E-state index in [4.69, 9.17) is 0 Å². The summed E-state index contributed by atoms with van der Waals surface area (Å²) in [5.41, 5.74) is 5.59. The highest BCUT2D eigenvalue weighted by molar-refractivity contribution is 5.63. The minimum atomic E-state index is -0.111. The maximum Gasteiger partial charge on any atom is 0.269 e. The molecule has 1 saturated heterocycles. The van der Waals surface area contributed by atoms with Crippen LogP contribution >= 0.6 is 0 Å². The summed E-state index contributed by atoms with van der Waals surface area (Å²) in [6.45, 7) is 5.70. The van der Waals surface area contributed by atoms with Gasteiger partial charge in [-0.25, -0.2) is 5.10 Å². The molecule has 6 nitrogen and oxygen atoms in total. The lowest BCUT2D eigenvalue weighted by Gasteiger charge is -2.34. The summed E-state index contributed by atoms with van der Waals surface area (Å²) in [6, 6.07) is 7.17. The van der Waals surface area contributed by atoms with Crippen LogP contribution in [0.2, 0.25) is 0 Å². The Balaban J connectivity index is 1.63. The molecule has 6 heteroatoms. The number of piperidine rings is 1. The first kappa shape index (κ1) is 16.1. The van der Waals surface area contributed by atoms with Crippen LogP contribution in [0, 0.1) is 6.92 Å². The van der Waals surface area contributed by atoms with Gasteiger partial charge in [0.05, 0.1) is 11.9 Å². The molecule has 2 aliphatic rings. The lowest BCUT2D eigenvalue weighted by molar-refractivity contribution is 0.443. The normalized spacial score (nSPS) is 17.6. The Morgan fingerprint density at radius 3 is 2.84 bits per heavy atom. The van der Waals surface area contributed by atoms with Crippen molar-refractivity contribution < 1.29 is 0 Å². The molecule has 0 radical (unpaired) electrons. The molecule has 2 N–H and O–H groups in total. The highest BCUT2D eigenvalue weighted by Gasteiger charge is 2.27. The molecule has 0 saturated carbocycles. The molecule has 4 rings (SSSR count). The fourth-order valence-corrected chi connectivity index (χ4v) is 4.06. The van der Waals surface area contributed by atoms with Gasteiger partial charge in [-0.1, -0.05) is 12.1 Å². The monoisotopic (exact) mass is 339 g/mol. The second-order valence-corrected chi connectivity index (χ2v) is 7.07. The highest BCUT2D eigenvalue weighted by Crippen LogP contribution is 2.35. The second-order valence-electron chi connectivity index (χ2n) is 7.07. The third kappa shape index (κ3) is 2.91. The van der Waals surface area contributed by atoms with Gasteiger partial charge in [0.15, 0.2) is 0 Å². The van der Waals surface area contributed by atoms with Gasteiger partial charge in [-0.3, -0.25) is 4.79 Å². The van der Waals surface area contributed by atoms with Crippen molar-refractivity contribution in [1.29, 1.82) is 0 Å². The quantitative estimate of drug-likeness (QED) is 0.893. The molecular weight excluding hydrogens is 314 g/mol. The Labute approximate surface area is 147 Å². The van der Waals surface area contributed by atoms with Gasteiger partial charge in [0.25, 0.3) is 5.56 Å². The zero-order valence-corrected chi connectivity index (χ0v) is 14.9. The number of rotatable bonds is 3. The van der Waals surface area contributed by atoms with Gasteiger partial charge in [-0.2, -0.15) is 5.10 Å².